The lowest BCUT2D eigenvalue weighted by Gasteiger charge is -2.24. The molecule has 4 nitrogen and oxygen atoms in total. The van der Waals surface area contributed by atoms with Gasteiger partial charge in [-0.15, -0.1) is 0 Å². The van der Waals surface area contributed by atoms with Gasteiger partial charge in [0.15, 0.2) is 0 Å². The molecular weight excluding hydrogens is 264 g/mol. The van der Waals surface area contributed by atoms with Crippen LogP contribution < -0.4 is 10.1 Å². The van der Waals surface area contributed by atoms with Gasteiger partial charge in [-0.1, -0.05) is 6.07 Å². The van der Waals surface area contributed by atoms with E-state index in [9.17, 15) is 4.79 Å². The minimum Gasteiger partial charge on any atom is -0.492 e. The Labute approximate surface area is 126 Å². The lowest BCUT2D eigenvalue weighted by atomic mass is 10.0. The van der Waals surface area contributed by atoms with Crippen LogP contribution in [0.25, 0.3) is 0 Å². The molecule has 0 aliphatic carbocycles. The molecule has 1 fully saturated rings. The SMILES string of the molecule is CC(C(=O)N(C)CCOc1cc(C)cc(C)c1)=C1CNC1. The van der Waals surface area contributed by atoms with Crippen molar-refractivity contribution in [1.82, 2.24) is 10.2 Å². The Morgan fingerprint density at radius 1 is 1.24 bits per heavy atom. The largest absolute Gasteiger partial charge is 0.492 e. The summed E-state index contributed by atoms with van der Waals surface area (Å²) in [6.07, 6.45) is 0. The smallest absolute Gasteiger partial charge is 0.249 e. The summed E-state index contributed by atoms with van der Waals surface area (Å²) < 4.78 is 5.75. The molecule has 0 unspecified atom stereocenters. The van der Waals surface area contributed by atoms with Gasteiger partial charge in [0.1, 0.15) is 12.4 Å². The van der Waals surface area contributed by atoms with Crippen molar-refractivity contribution in [2.45, 2.75) is 20.8 Å². The number of amides is 1. The van der Waals surface area contributed by atoms with Crippen LogP contribution in [-0.4, -0.2) is 44.1 Å². The second-order valence-electron chi connectivity index (χ2n) is 5.73. The van der Waals surface area contributed by atoms with Crippen LogP contribution in [0.15, 0.2) is 29.3 Å². The standard InChI is InChI=1S/C17H24N2O2/c1-12-7-13(2)9-16(8-12)21-6-5-19(4)17(20)14(3)15-10-18-11-15/h7-9,18H,5-6,10-11H2,1-4H3. The zero-order chi connectivity index (χ0) is 15.4. The molecule has 1 aliphatic rings. The Morgan fingerprint density at radius 3 is 2.38 bits per heavy atom. The third-order valence-electron chi connectivity index (χ3n) is 3.77. The van der Waals surface area contributed by atoms with Crippen LogP contribution in [-0.2, 0) is 4.79 Å². The van der Waals surface area contributed by atoms with Gasteiger partial charge < -0.3 is 15.0 Å². The molecule has 0 saturated carbocycles. The number of benzene rings is 1. The predicted molar refractivity (Wildman–Crippen MR) is 84.6 cm³/mol. The van der Waals surface area contributed by atoms with Gasteiger partial charge in [-0.3, -0.25) is 4.79 Å². The quantitative estimate of drug-likeness (QED) is 0.843. The van der Waals surface area contributed by atoms with E-state index in [0.29, 0.717) is 13.2 Å². The molecule has 21 heavy (non-hydrogen) atoms. The first-order valence-corrected chi connectivity index (χ1v) is 7.33. The summed E-state index contributed by atoms with van der Waals surface area (Å²) in [6.45, 7) is 8.78. The first-order valence-electron chi connectivity index (χ1n) is 7.33. The Bertz CT molecular complexity index is 538. The van der Waals surface area contributed by atoms with Crippen LogP contribution in [0.1, 0.15) is 18.1 Å². The van der Waals surface area contributed by atoms with Crippen molar-refractivity contribution in [2.75, 3.05) is 33.3 Å². The molecule has 1 amide bonds. The molecule has 0 aromatic heterocycles. The highest BCUT2D eigenvalue weighted by atomic mass is 16.5. The lowest BCUT2D eigenvalue weighted by molar-refractivity contribution is -0.126. The topological polar surface area (TPSA) is 41.6 Å². The fraction of sp³-hybridized carbons (Fsp3) is 0.471. The normalized spacial score (nSPS) is 13.6. The molecule has 2 rings (SSSR count). The minimum absolute atomic E-state index is 0.0931. The first-order chi connectivity index (χ1) is 9.97. The molecule has 4 heteroatoms. The predicted octanol–water partition coefficient (Wildman–Crippen LogP) is 2.06. The second kappa shape index (κ2) is 6.76. The summed E-state index contributed by atoms with van der Waals surface area (Å²) in [7, 11) is 1.82. The molecule has 1 aliphatic heterocycles. The number of hydrogen-bond acceptors (Lipinski definition) is 3. The maximum absolute atomic E-state index is 12.2. The van der Waals surface area contributed by atoms with E-state index in [0.717, 1.165) is 24.4 Å². The van der Waals surface area contributed by atoms with Crippen molar-refractivity contribution in [2.24, 2.45) is 0 Å². The molecule has 0 spiro atoms. The van der Waals surface area contributed by atoms with Crippen molar-refractivity contribution in [3.8, 4) is 5.75 Å². The van der Waals surface area contributed by atoms with Gasteiger partial charge in [-0.2, -0.15) is 0 Å². The van der Waals surface area contributed by atoms with E-state index in [-0.39, 0.29) is 5.91 Å². The average molecular weight is 288 g/mol. The summed E-state index contributed by atoms with van der Waals surface area (Å²) in [6, 6.07) is 6.15. The van der Waals surface area contributed by atoms with Crippen molar-refractivity contribution < 1.29 is 9.53 Å². The molecule has 1 aromatic rings. The first kappa shape index (κ1) is 15.6. The average Bonchev–Trinajstić information content (AvgIpc) is 2.34. The van der Waals surface area contributed by atoms with Gasteiger partial charge >= 0.3 is 0 Å². The van der Waals surface area contributed by atoms with Crippen molar-refractivity contribution in [3.05, 3.63) is 40.5 Å². The molecule has 1 heterocycles. The van der Waals surface area contributed by atoms with E-state index in [1.54, 1.807) is 4.90 Å². The highest BCUT2D eigenvalue weighted by Gasteiger charge is 2.18. The van der Waals surface area contributed by atoms with Crippen molar-refractivity contribution in [3.63, 3.8) is 0 Å². The summed E-state index contributed by atoms with van der Waals surface area (Å²) in [5, 5.41) is 3.16. The van der Waals surface area contributed by atoms with Gasteiger partial charge in [0, 0.05) is 25.7 Å². The fourth-order valence-electron chi connectivity index (χ4n) is 2.37. The number of carbonyl (C=O) groups is 1. The Balaban J connectivity index is 1.84. The van der Waals surface area contributed by atoms with Gasteiger partial charge in [0.2, 0.25) is 5.91 Å². The maximum atomic E-state index is 12.2. The highest BCUT2D eigenvalue weighted by molar-refractivity contribution is 5.93. The highest BCUT2D eigenvalue weighted by Crippen LogP contribution is 2.16. The number of hydrogen-bond donors (Lipinski definition) is 1. The summed E-state index contributed by atoms with van der Waals surface area (Å²) in [5.41, 5.74) is 4.45. The Hall–Kier alpha value is -1.81. The van der Waals surface area contributed by atoms with Gasteiger partial charge in [-0.05, 0) is 49.6 Å². The van der Waals surface area contributed by atoms with E-state index >= 15 is 0 Å². The zero-order valence-electron chi connectivity index (χ0n) is 13.3. The number of ether oxygens (including phenoxy) is 1. The molecule has 0 bridgehead atoms. The van der Waals surface area contributed by atoms with Crippen LogP contribution in [0, 0.1) is 13.8 Å². The van der Waals surface area contributed by atoms with E-state index in [4.69, 9.17) is 4.74 Å². The number of nitrogens with one attached hydrogen (secondary N) is 1. The molecular formula is C17H24N2O2. The number of carbonyl (C=O) groups excluding carboxylic acids is 1. The maximum Gasteiger partial charge on any atom is 0.249 e. The van der Waals surface area contributed by atoms with Crippen LogP contribution in [0.3, 0.4) is 0 Å². The molecule has 1 aromatic carbocycles. The fourth-order valence-corrected chi connectivity index (χ4v) is 2.37. The van der Waals surface area contributed by atoms with E-state index in [1.807, 2.05) is 26.1 Å². The number of likely N-dealkylation sites (N-methyl/N-ethyl adjacent to an activating group) is 1. The minimum atomic E-state index is 0.0931. The Morgan fingerprint density at radius 2 is 1.86 bits per heavy atom. The summed E-state index contributed by atoms with van der Waals surface area (Å²) in [5.74, 6) is 0.960. The summed E-state index contributed by atoms with van der Waals surface area (Å²) >= 11 is 0. The van der Waals surface area contributed by atoms with E-state index in [2.05, 4.69) is 25.2 Å². The molecule has 1 saturated heterocycles. The van der Waals surface area contributed by atoms with Crippen molar-refractivity contribution in [1.29, 1.82) is 0 Å². The van der Waals surface area contributed by atoms with Gasteiger partial charge in [-0.25, -0.2) is 0 Å². The monoisotopic (exact) mass is 288 g/mol. The Kier molecular flexibility index (Phi) is 5.02. The number of rotatable bonds is 5. The third-order valence-corrected chi connectivity index (χ3v) is 3.77. The number of nitrogens with zero attached hydrogens (tertiary/aromatic N) is 1. The number of aryl methyl sites for hydroxylation is 2. The van der Waals surface area contributed by atoms with Crippen molar-refractivity contribution >= 4 is 5.91 Å². The zero-order valence-corrected chi connectivity index (χ0v) is 13.3. The van der Waals surface area contributed by atoms with Crippen LogP contribution >= 0.6 is 0 Å². The molecule has 0 radical (unpaired) electrons. The molecule has 114 valence electrons. The molecule has 1 N–H and O–H groups in total. The second-order valence-corrected chi connectivity index (χ2v) is 5.73. The summed E-state index contributed by atoms with van der Waals surface area (Å²) in [4.78, 5) is 13.9. The lowest BCUT2D eigenvalue weighted by Crippen LogP contribution is -2.39. The third kappa shape index (κ3) is 4.08. The van der Waals surface area contributed by atoms with Gasteiger partial charge in [0.05, 0.1) is 6.54 Å². The van der Waals surface area contributed by atoms with E-state index in [1.165, 1.54) is 16.7 Å². The van der Waals surface area contributed by atoms with E-state index < -0.39 is 0 Å². The molecule has 0 atom stereocenters. The van der Waals surface area contributed by atoms with Crippen LogP contribution in [0.5, 0.6) is 5.75 Å². The van der Waals surface area contributed by atoms with Crippen LogP contribution in [0.4, 0.5) is 0 Å². The van der Waals surface area contributed by atoms with Crippen LogP contribution in [0.2, 0.25) is 0 Å². The van der Waals surface area contributed by atoms with Gasteiger partial charge in [0.25, 0.3) is 0 Å².